The highest BCUT2D eigenvalue weighted by molar-refractivity contribution is 5.36. The van der Waals surface area contributed by atoms with Crippen molar-refractivity contribution in [3.8, 4) is 11.5 Å². The minimum absolute atomic E-state index is 0.604. The van der Waals surface area contributed by atoms with E-state index >= 15 is 0 Å². The van der Waals surface area contributed by atoms with E-state index < -0.39 is 0 Å². The number of hydrogen-bond donors (Lipinski definition) is 0. The Morgan fingerprint density at radius 1 is 0.900 bits per heavy atom. The van der Waals surface area contributed by atoms with Crippen LogP contribution >= 0.6 is 0 Å². The van der Waals surface area contributed by atoms with Crippen LogP contribution in [-0.2, 0) is 18.0 Å². The summed E-state index contributed by atoms with van der Waals surface area (Å²) in [5.41, 5.74) is 2.65. The molecule has 0 amide bonds. The van der Waals surface area contributed by atoms with E-state index in [1.807, 2.05) is 30.3 Å². The van der Waals surface area contributed by atoms with E-state index in [2.05, 4.69) is 18.0 Å². The van der Waals surface area contributed by atoms with E-state index in [1.54, 1.807) is 12.1 Å². The van der Waals surface area contributed by atoms with Gasteiger partial charge in [0.1, 0.15) is 0 Å². The maximum Gasteiger partial charge on any atom is 0.170 e. The molecule has 0 unspecified atom stereocenters. The minimum atomic E-state index is 0.604. The normalized spacial score (nSPS) is 14.7. The minimum Gasteiger partial charge on any atom is -0.302 e. The average Bonchev–Trinajstić information content (AvgIpc) is 2.48. The molecular formula is C16H17NO3. The second-order valence-electron chi connectivity index (χ2n) is 4.97. The first-order valence-corrected chi connectivity index (χ1v) is 6.68. The molecule has 4 nitrogen and oxygen atoms in total. The van der Waals surface area contributed by atoms with Crippen LogP contribution in [0.5, 0.6) is 11.5 Å². The molecule has 0 radical (unpaired) electrons. The highest BCUT2D eigenvalue weighted by atomic mass is 17.5. The monoisotopic (exact) mass is 271 g/mol. The van der Waals surface area contributed by atoms with Crippen molar-refractivity contribution >= 4 is 0 Å². The number of likely N-dealkylation sites (N-methyl/N-ethyl adjacent to an activating group) is 1. The largest absolute Gasteiger partial charge is 0.302 e. The summed E-state index contributed by atoms with van der Waals surface area (Å²) in [6.45, 7) is 2.05. The highest BCUT2D eigenvalue weighted by Crippen LogP contribution is 2.23. The Morgan fingerprint density at radius 3 is 2.55 bits per heavy atom. The van der Waals surface area contributed by atoms with Gasteiger partial charge in [-0.25, -0.2) is 0 Å². The van der Waals surface area contributed by atoms with Crippen LogP contribution in [0.1, 0.15) is 11.1 Å². The van der Waals surface area contributed by atoms with Crippen LogP contribution in [0, 0.1) is 0 Å². The van der Waals surface area contributed by atoms with Gasteiger partial charge in [0.05, 0.1) is 0 Å². The first-order valence-electron chi connectivity index (χ1n) is 6.68. The zero-order valence-electron chi connectivity index (χ0n) is 11.4. The van der Waals surface area contributed by atoms with Crippen LogP contribution in [0.15, 0.2) is 48.5 Å². The summed E-state index contributed by atoms with van der Waals surface area (Å²) in [7, 11) is 2.13. The second kappa shape index (κ2) is 5.94. The smallest absolute Gasteiger partial charge is 0.170 e. The Bertz CT molecular complexity index is 571. The Kier molecular flexibility index (Phi) is 3.85. The van der Waals surface area contributed by atoms with E-state index in [0.717, 1.165) is 19.5 Å². The number of hydrogen-bond acceptors (Lipinski definition) is 4. The van der Waals surface area contributed by atoms with E-state index in [0.29, 0.717) is 11.5 Å². The zero-order chi connectivity index (χ0) is 13.8. The van der Waals surface area contributed by atoms with Gasteiger partial charge in [-0.2, -0.15) is 0 Å². The summed E-state index contributed by atoms with van der Waals surface area (Å²) in [6.07, 6.45) is 1.03. The lowest BCUT2D eigenvalue weighted by Crippen LogP contribution is -2.26. The van der Waals surface area contributed by atoms with Crippen LogP contribution in [0.3, 0.4) is 0 Å². The lowest BCUT2D eigenvalue weighted by Gasteiger charge is -2.24. The van der Waals surface area contributed by atoms with Gasteiger partial charge in [0.25, 0.3) is 0 Å². The quantitative estimate of drug-likeness (QED) is 0.632. The van der Waals surface area contributed by atoms with Gasteiger partial charge in [0.15, 0.2) is 11.5 Å². The molecule has 0 aliphatic carbocycles. The molecular weight excluding hydrogens is 254 g/mol. The summed E-state index contributed by atoms with van der Waals surface area (Å²) >= 11 is 0. The third-order valence-electron chi connectivity index (χ3n) is 3.38. The Labute approximate surface area is 118 Å². The van der Waals surface area contributed by atoms with Gasteiger partial charge in [-0.05, 0) is 48.9 Å². The second-order valence-corrected chi connectivity index (χ2v) is 4.97. The van der Waals surface area contributed by atoms with Crippen LogP contribution in [0.2, 0.25) is 0 Å². The summed E-state index contributed by atoms with van der Waals surface area (Å²) < 4.78 is 0. The molecule has 0 atom stereocenters. The fraction of sp³-hybridized carbons (Fsp3) is 0.250. The van der Waals surface area contributed by atoms with Crippen LogP contribution in [0.4, 0.5) is 0 Å². The van der Waals surface area contributed by atoms with E-state index in [9.17, 15) is 0 Å². The molecule has 0 fully saturated rings. The van der Waals surface area contributed by atoms with Gasteiger partial charge in [-0.1, -0.05) is 24.3 Å². The van der Waals surface area contributed by atoms with Crippen LogP contribution in [0.25, 0.3) is 0 Å². The maximum absolute atomic E-state index is 5.17. The van der Waals surface area contributed by atoms with Crippen LogP contribution in [-0.4, -0.2) is 18.5 Å². The number of rotatable bonds is 4. The lowest BCUT2D eigenvalue weighted by molar-refractivity contribution is -0.411. The fourth-order valence-corrected chi connectivity index (χ4v) is 2.29. The van der Waals surface area contributed by atoms with Crippen molar-refractivity contribution in [2.45, 2.75) is 13.0 Å². The molecule has 0 saturated heterocycles. The van der Waals surface area contributed by atoms with Crippen molar-refractivity contribution in [3.05, 3.63) is 59.7 Å². The molecule has 0 aromatic heterocycles. The lowest BCUT2D eigenvalue weighted by atomic mass is 10.00. The van der Waals surface area contributed by atoms with Crippen molar-refractivity contribution in [2.24, 2.45) is 0 Å². The van der Waals surface area contributed by atoms with Crippen molar-refractivity contribution in [3.63, 3.8) is 0 Å². The molecule has 4 heteroatoms. The molecule has 0 N–H and O–H groups in total. The first kappa shape index (κ1) is 13.0. The van der Waals surface area contributed by atoms with Gasteiger partial charge in [-0.15, -0.1) is 0 Å². The third-order valence-corrected chi connectivity index (χ3v) is 3.38. The Hall–Kier alpha value is -2.04. The van der Waals surface area contributed by atoms with Crippen molar-refractivity contribution in [2.75, 3.05) is 13.6 Å². The molecule has 104 valence electrons. The summed E-state index contributed by atoms with van der Waals surface area (Å²) in [5, 5.41) is 4.81. The van der Waals surface area contributed by atoms with Crippen molar-refractivity contribution in [1.29, 1.82) is 0 Å². The fourth-order valence-electron chi connectivity index (χ4n) is 2.29. The van der Waals surface area contributed by atoms with E-state index in [4.69, 9.17) is 14.8 Å². The van der Waals surface area contributed by atoms with Crippen LogP contribution < -0.4 is 9.78 Å². The predicted octanol–water partition coefficient (Wildman–Crippen LogP) is 2.98. The molecule has 0 saturated carbocycles. The summed E-state index contributed by atoms with van der Waals surface area (Å²) in [5.74, 6) is 1.26. The van der Waals surface area contributed by atoms with Crippen molar-refractivity contribution < 1.29 is 14.8 Å². The number of para-hydroxylation sites is 1. The standard InChI is InChI=1S/C16H17NO3/c1-17-10-9-13-11-16(8-7-14(13)12-17)19-20-18-15-5-3-2-4-6-15/h2-8,11H,9-10,12H2,1H3. The average molecular weight is 271 g/mol. The molecule has 0 bridgehead atoms. The molecule has 1 heterocycles. The summed E-state index contributed by atoms with van der Waals surface area (Å²) in [4.78, 5) is 12.5. The van der Waals surface area contributed by atoms with Gasteiger partial charge < -0.3 is 4.90 Å². The number of nitrogens with zero attached hydrogens (tertiary/aromatic N) is 1. The number of fused-ring (bicyclic) bond motifs is 1. The Balaban J connectivity index is 1.58. The van der Waals surface area contributed by atoms with Gasteiger partial charge in [0.2, 0.25) is 0 Å². The molecule has 1 aliphatic heterocycles. The van der Waals surface area contributed by atoms with Gasteiger partial charge in [0, 0.05) is 18.1 Å². The van der Waals surface area contributed by atoms with E-state index in [1.165, 1.54) is 11.1 Å². The zero-order valence-corrected chi connectivity index (χ0v) is 11.4. The topological polar surface area (TPSA) is 30.9 Å². The third kappa shape index (κ3) is 3.10. The molecule has 3 rings (SSSR count). The predicted molar refractivity (Wildman–Crippen MR) is 75.3 cm³/mol. The maximum atomic E-state index is 5.17. The van der Waals surface area contributed by atoms with Gasteiger partial charge in [-0.3, -0.25) is 9.78 Å². The molecule has 0 spiro atoms. The number of benzene rings is 2. The molecule has 2 aromatic carbocycles. The highest BCUT2D eigenvalue weighted by Gasteiger charge is 2.13. The van der Waals surface area contributed by atoms with Gasteiger partial charge >= 0.3 is 0 Å². The molecule has 2 aromatic rings. The van der Waals surface area contributed by atoms with E-state index in [-0.39, 0.29) is 0 Å². The SMILES string of the molecule is CN1CCc2cc(OOOc3ccccc3)ccc2C1. The summed E-state index contributed by atoms with van der Waals surface area (Å²) in [6, 6.07) is 15.2. The molecule has 20 heavy (non-hydrogen) atoms. The van der Waals surface area contributed by atoms with Crippen molar-refractivity contribution in [1.82, 2.24) is 4.90 Å². The first-order chi connectivity index (χ1) is 9.81. The Morgan fingerprint density at radius 2 is 1.70 bits per heavy atom. The molecule has 1 aliphatic rings.